The molecule has 0 aliphatic carbocycles. The Balaban J connectivity index is 1.86. The highest BCUT2D eigenvalue weighted by atomic mass is 35.5. The van der Waals surface area contributed by atoms with E-state index in [0.29, 0.717) is 15.7 Å². The molecular weight excluding hydrogens is 316 g/mol. The first kappa shape index (κ1) is 14.8. The van der Waals surface area contributed by atoms with Gasteiger partial charge in [-0.15, -0.1) is 11.3 Å². The van der Waals surface area contributed by atoms with E-state index in [0.717, 1.165) is 16.1 Å². The van der Waals surface area contributed by atoms with Crippen LogP contribution < -0.4 is 5.32 Å². The molecule has 1 aromatic heterocycles. The van der Waals surface area contributed by atoms with Gasteiger partial charge in [0.1, 0.15) is 0 Å². The second-order valence-corrected chi connectivity index (χ2v) is 6.33. The smallest absolute Gasteiger partial charge is 0.258 e. The van der Waals surface area contributed by atoms with Crippen LogP contribution in [0.3, 0.4) is 0 Å². The summed E-state index contributed by atoms with van der Waals surface area (Å²) in [5, 5.41) is 3.81. The molecule has 0 unspecified atom stereocenters. The van der Waals surface area contributed by atoms with Crippen LogP contribution in [0.25, 0.3) is 11.3 Å². The lowest BCUT2D eigenvalue weighted by Crippen LogP contribution is -2.12. The van der Waals surface area contributed by atoms with Crippen molar-refractivity contribution in [1.82, 2.24) is 4.98 Å². The number of halogens is 1. The van der Waals surface area contributed by atoms with Crippen molar-refractivity contribution in [3.63, 3.8) is 0 Å². The highest BCUT2D eigenvalue weighted by Crippen LogP contribution is 2.30. The quantitative estimate of drug-likeness (QED) is 0.733. The summed E-state index contributed by atoms with van der Waals surface area (Å²) in [5.41, 5.74) is 2.37. The maximum Gasteiger partial charge on any atom is 0.258 e. The molecule has 1 heterocycles. The van der Waals surface area contributed by atoms with Crippen molar-refractivity contribution in [3.8, 4) is 11.3 Å². The van der Waals surface area contributed by atoms with Gasteiger partial charge in [0.05, 0.1) is 16.3 Å². The Bertz CT molecular complexity index is 815. The van der Waals surface area contributed by atoms with Crippen molar-refractivity contribution < 1.29 is 4.79 Å². The Morgan fingerprint density at radius 3 is 2.50 bits per heavy atom. The summed E-state index contributed by atoms with van der Waals surface area (Å²) in [7, 11) is 0. The summed E-state index contributed by atoms with van der Waals surface area (Å²) < 4.78 is 0. The van der Waals surface area contributed by atoms with Crippen molar-refractivity contribution in [2.45, 2.75) is 6.92 Å². The fourth-order valence-electron chi connectivity index (χ4n) is 2.12. The normalized spacial score (nSPS) is 10.5. The number of hydrogen-bond donors (Lipinski definition) is 1. The predicted octanol–water partition coefficient (Wildman–Crippen LogP) is 5.02. The molecular formula is C17H13ClN2OS. The molecule has 0 saturated carbocycles. The number of amides is 1. The number of benzene rings is 2. The summed E-state index contributed by atoms with van der Waals surface area (Å²) in [6.45, 7) is 1.99. The minimum atomic E-state index is -0.251. The molecule has 0 bridgehead atoms. The van der Waals surface area contributed by atoms with Crippen LogP contribution in [0.5, 0.6) is 0 Å². The SMILES string of the molecule is Cc1sc(NC(=O)c2ccccc2Cl)nc1-c1ccccc1. The van der Waals surface area contributed by atoms with Crippen LogP contribution in [0, 0.1) is 6.92 Å². The van der Waals surface area contributed by atoms with Crippen LogP contribution >= 0.6 is 22.9 Å². The number of carbonyl (C=O) groups excluding carboxylic acids is 1. The van der Waals surface area contributed by atoms with Crippen molar-refractivity contribution >= 4 is 34.0 Å². The third kappa shape index (κ3) is 3.03. The Labute approximate surface area is 137 Å². The number of aromatic nitrogens is 1. The zero-order chi connectivity index (χ0) is 15.5. The molecule has 0 saturated heterocycles. The molecule has 0 aliphatic rings. The van der Waals surface area contributed by atoms with Crippen LogP contribution in [0.15, 0.2) is 54.6 Å². The molecule has 3 nitrogen and oxygen atoms in total. The van der Waals surface area contributed by atoms with Crippen LogP contribution in [0.4, 0.5) is 5.13 Å². The topological polar surface area (TPSA) is 42.0 Å². The van der Waals surface area contributed by atoms with E-state index >= 15 is 0 Å². The first-order chi connectivity index (χ1) is 10.6. The largest absolute Gasteiger partial charge is 0.298 e. The highest BCUT2D eigenvalue weighted by molar-refractivity contribution is 7.16. The number of anilines is 1. The predicted molar refractivity (Wildman–Crippen MR) is 91.7 cm³/mol. The lowest BCUT2D eigenvalue weighted by atomic mass is 10.1. The zero-order valence-electron chi connectivity index (χ0n) is 11.8. The number of thiazole rings is 1. The number of aryl methyl sites for hydroxylation is 1. The third-order valence-corrected chi connectivity index (χ3v) is 4.40. The molecule has 0 aliphatic heterocycles. The van der Waals surface area contributed by atoms with Crippen molar-refractivity contribution in [3.05, 3.63) is 70.1 Å². The Hall–Kier alpha value is -2.17. The number of nitrogens with zero attached hydrogens (tertiary/aromatic N) is 1. The lowest BCUT2D eigenvalue weighted by Gasteiger charge is -2.03. The van der Waals surface area contributed by atoms with E-state index in [1.165, 1.54) is 11.3 Å². The van der Waals surface area contributed by atoms with Gasteiger partial charge in [0.15, 0.2) is 5.13 Å². The maximum atomic E-state index is 12.3. The van der Waals surface area contributed by atoms with Crippen LogP contribution in [0.1, 0.15) is 15.2 Å². The molecule has 5 heteroatoms. The van der Waals surface area contributed by atoms with Crippen molar-refractivity contribution in [2.75, 3.05) is 5.32 Å². The van der Waals surface area contributed by atoms with Crippen molar-refractivity contribution in [2.24, 2.45) is 0 Å². The van der Waals surface area contributed by atoms with E-state index in [1.54, 1.807) is 24.3 Å². The van der Waals surface area contributed by atoms with E-state index in [2.05, 4.69) is 10.3 Å². The van der Waals surface area contributed by atoms with Gasteiger partial charge in [-0.3, -0.25) is 10.1 Å². The van der Waals surface area contributed by atoms with E-state index in [-0.39, 0.29) is 5.91 Å². The first-order valence-electron chi connectivity index (χ1n) is 6.74. The molecule has 0 fully saturated rings. The highest BCUT2D eigenvalue weighted by Gasteiger charge is 2.14. The van der Waals surface area contributed by atoms with Gasteiger partial charge in [0.2, 0.25) is 0 Å². The number of nitrogens with one attached hydrogen (secondary N) is 1. The first-order valence-corrected chi connectivity index (χ1v) is 7.93. The van der Waals surface area contributed by atoms with E-state index < -0.39 is 0 Å². The van der Waals surface area contributed by atoms with Crippen LogP contribution in [-0.2, 0) is 0 Å². The second-order valence-electron chi connectivity index (χ2n) is 4.72. The van der Waals surface area contributed by atoms with Gasteiger partial charge >= 0.3 is 0 Å². The van der Waals surface area contributed by atoms with Gasteiger partial charge in [-0.25, -0.2) is 4.98 Å². The van der Waals surface area contributed by atoms with Gasteiger partial charge in [0, 0.05) is 10.4 Å². The number of carbonyl (C=O) groups is 1. The summed E-state index contributed by atoms with van der Waals surface area (Å²) in [6, 6.07) is 16.9. The molecule has 1 N–H and O–H groups in total. The average Bonchev–Trinajstić information content (AvgIpc) is 2.89. The maximum absolute atomic E-state index is 12.3. The minimum Gasteiger partial charge on any atom is -0.298 e. The molecule has 1 amide bonds. The molecule has 0 atom stereocenters. The van der Waals surface area contributed by atoms with Gasteiger partial charge in [-0.05, 0) is 19.1 Å². The van der Waals surface area contributed by atoms with Gasteiger partial charge in [-0.2, -0.15) is 0 Å². The standard InChI is InChI=1S/C17H13ClN2OS/c1-11-15(12-7-3-2-4-8-12)19-17(22-11)20-16(21)13-9-5-6-10-14(13)18/h2-10H,1H3,(H,19,20,21). The van der Waals surface area contributed by atoms with Gasteiger partial charge in [-0.1, -0.05) is 54.1 Å². The summed E-state index contributed by atoms with van der Waals surface area (Å²) in [6.07, 6.45) is 0. The average molecular weight is 329 g/mol. The molecule has 22 heavy (non-hydrogen) atoms. The zero-order valence-corrected chi connectivity index (χ0v) is 13.4. The number of rotatable bonds is 3. The summed E-state index contributed by atoms with van der Waals surface area (Å²) >= 11 is 7.49. The van der Waals surface area contributed by atoms with Crippen LogP contribution in [-0.4, -0.2) is 10.9 Å². The Kier molecular flexibility index (Phi) is 4.22. The Morgan fingerprint density at radius 1 is 1.09 bits per heavy atom. The molecule has 0 radical (unpaired) electrons. The monoisotopic (exact) mass is 328 g/mol. The lowest BCUT2D eigenvalue weighted by molar-refractivity contribution is 0.102. The van der Waals surface area contributed by atoms with Crippen LogP contribution in [0.2, 0.25) is 5.02 Å². The molecule has 3 rings (SSSR count). The van der Waals surface area contributed by atoms with Gasteiger partial charge < -0.3 is 0 Å². The Morgan fingerprint density at radius 2 is 1.77 bits per heavy atom. The molecule has 2 aromatic carbocycles. The van der Waals surface area contributed by atoms with E-state index in [1.807, 2.05) is 37.3 Å². The molecule has 110 valence electrons. The van der Waals surface area contributed by atoms with E-state index in [9.17, 15) is 4.79 Å². The van der Waals surface area contributed by atoms with Gasteiger partial charge in [0.25, 0.3) is 5.91 Å². The summed E-state index contributed by atoms with van der Waals surface area (Å²) in [4.78, 5) is 17.8. The minimum absolute atomic E-state index is 0.251. The second kappa shape index (κ2) is 6.30. The van der Waals surface area contributed by atoms with E-state index in [4.69, 9.17) is 11.6 Å². The third-order valence-electron chi connectivity index (χ3n) is 3.18. The fourth-order valence-corrected chi connectivity index (χ4v) is 3.18. The fraction of sp³-hybridized carbons (Fsp3) is 0.0588. The van der Waals surface area contributed by atoms with Crippen molar-refractivity contribution in [1.29, 1.82) is 0 Å². The summed E-state index contributed by atoms with van der Waals surface area (Å²) in [5.74, 6) is -0.251. The molecule has 0 spiro atoms. The number of hydrogen-bond acceptors (Lipinski definition) is 3. The molecule has 3 aromatic rings.